The highest BCUT2D eigenvalue weighted by molar-refractivity contribution is 5.90. The number of amides is 2. The molecule has 2 aliphatic carbocycles. The molecule has 0 aromatic carbocycles. The minimum Gasteiger partial charge on any atom is -0.390 e. The average molecular weight is 413 g/mol. The summed E-state index contributed by atoms with van der Waals surface area (Å²) in [4.78, 5) is 12.3. The summed E-state index contributed by atoms with van der Waals surface area (Å²) < 4.78 is 6.72. The van der Waals surface area contributed by atoms with Gasteiger partial charge in [0.25, 0.3) is 0 Å². The zero-order chi connectivity index (χ0) is 19.1. The van der Waals surface area contributed by atoms with Gasteiger partial charge in [-0.25, -0.2) is 4.79 Å². The Morgan fingerprint density at radius 3 is 2.71 bits per heavy atom. The summed E-state index contributed by atoms with van der Waals surface area (Å²) in [7, 11) is 0. The number of hydrogen-bond acceptors (Lipinski definition) is 7. The normalized spacial score (nSPS) is 26.7. The van der Waals surface area contributed by atoms with E-state index < -0.39 is 24.3 Å². The van der Waals surface area contributed by atoms with Gasteiger partial charge >= 0.3 is 6.03 Å². The summed E-state index contributed by atoms with van der Waals surface area (Å²) in [5, 5.41) is 38.2. The van der Waals surface area contributed by atoms with Gasteiger partial charge in [0.2, 0.25) is 0 Å². The molecule has 4 atom stereocenters. The maximum absolute atomic E-state index is 12.3. The maximum Gasteiger partial charge on any atom is 0.319 e. The second kappa shape index (κ2) is 8.06. The molecule has 10 nitrogen and oxygen atoms in total. The number of aliphatic hydroxyl groups is 2. The van der Waals surface area contributed by atoms with Gasteiger partial charge in [-0.15, -0.1) is 17.5 Å². The largest absolute Gasteiger partial charge is 0.390 e. The zero-order valence-electron chi connectivity index (χ0n) is 15.7. The number of carbonyl (C=O) groups is 1. The van der Waals surface area contributed by atoms with Crippen LogP contribution in [-0.2, 0) is 6.54 Å². The lowest BCUT2D eigenvalue weighted by molar-refractivity contribution is 0.00878. The van der Waals surface area contributed by atoms with Crippen molar-refractivity contribution in [2.75, 3.05) is 5.32 Å². The molecule has 0 spiro atoms. The highest BCUT2D eigenvalue weighted by Gasteiger charge is 2.42. The summed E-state index contributed by atoms with van der Waals surface area (Å²) >= 11 is 0. The second-order valence-electron chi connectivity index (χ2n) is 7.52. The van der Waals surface area contributed by atoms with E-state index in [0.717, 1.165) is 18.5 Å². The summed E-state index contributed by atoms with van der Waals surface area (Å²) in [6, 6.07) is -1.03. The first-order valence-electron chi connectivity index (χ1n) is 9.19. The van der Waals surface area contributed by atoms with Gasteiger partial charge in [0.05, 0.1) is 17.8 Å². The number of anilines is 1. The number of aromatic nitrogens is 4. The lowest BCUT2D eigenvalue weighted by Gasteiger charge is -2.18. The fourth-order valence-electron chi connectivity index (χ4n) is 3.64. The molecule has 0 radical (unpaired) electrons. The van der Waals surface area contributed by atoms with Crippen molar-refractivity contribution >= 4 is 24.1 Å². The van der Waals surface area contributed by atoms with Gasteiger partial charge < -0.3 is 25.4 Å². The van der Waals surface area contributed by atoms with E-state index in [2.05, 4.69) is 26.1 Å². The van der Waals surface area contributed by atoms with Crippen LogP contribution in [0.1, 0.15) is 42.3 Å². The van der Waals surface area contributed by atoms with Gasteiger partial charge in [-0.3, -0.25) is 4.68 Å². The number of hydrogen-bond donors (Lipinski definition) is 4. The SMILES string of the molecule is Cc1noc(C)c1NC(=O)N[C@@H]1C[C@H](Cn2cc(C3CC3)nn2)[C@@H](O)[C@H]1O.Cl. The Morgan fingerprint density at radius 1 is 1.32 bits per heavy atom. The predicted molar refractivity (Wildman–Crippen MR) is 101 cm³/mol. The standard InChI is InChI=1S/C17H24N6O4.ClH/c1-8-14(9(2)27-21-8)19-17(26)18-12-5-11(15(24)16(12)25)6-23-7-13(20-22-23)10-3-4-10;/h7,10-12,15-16,24-25H,3-6H2,1-2H3,(H2,18,19,26);1H/t11-,12-,15-,16+;/m1./s1. The molecule has 28 heavy (non-hydrogen) atoms. The van der Waals surface area contributed by atoms with Crippen LogP contribution in [0.25, 0.3) is 0 Å². The van der Waals surface area contributed by atoms with E-state index in [-0.39, 0.29) is 18.3 Å². The molecule has 0 aliphatic heterocycles. The van der Waals surface area contributed by atoms with Crippen molar-refractivity contribution in [2.45, 2.75) is 63.8 Å². The van der Waals surface area contributed by atoms with Crippen LogP contribution in [0.5, 0.6) is 0 Å². The number of aliphatic hydroxyl groups excluding tert-OH is 2. The van der Waals surface area contributed by atoms with Crippen LogP contribution >= 0.6 is 12.4 Å². The molecule has 2 heterocycles. The van der Waals surface area contributed by atoms with Crippen LogP contribution in [0.15, 0.2) is 10.7 Å². The molecule has 4 N–H and O–H groups in total. The molecule has 2 aromatic heterocycles. The Kier molecular flexibility index (Phi) is 5.92. The van der Waals surface area contributed by atoms with E-state index in [9.17, 15) is 15.0 Å². The summed E-state index contributed by atoms with van der Waals surface area (Å²) in [5.74, 6) is 0.795. The van der Waals surface area contributed by atoms with Crippen molar-refractivity contribution in [3.8, 4) is 0 Å². The van der Waals surface area contributed by atoms with Gasteiger partial charge in [-0.2, -0.15) is 0 Å². The van der Waals surface area contributed by atoms with Crippen molar-refractivity contribution in [2.24, 2.45) is 5.92 Å². The molecule has 2 fully saturated rings. The van der Waals surface area contributed by atoms with E-state index >= 15 is 0 Å². The van der Waals surface area contributed by atoms with Gasteiger partial charge in [0.1, 0.15) is 17.5 Å². The van der Waals surface area contributed by atoms with Crippen LogP contribution in [0.2, 0.25) is 0 Å². The van der Waals surface area contributed by atoms with E-state index in [1.807, 2.05) is 6.20 Å². The molecule has 11 heteroatoms. The Labute approximate surface area is 168 Å². The van der Waals surface area contributed by atoms with Crippen molar-refractivity contribution in [1.29, 1.82) is 0 Å². The van der Waals surface area contributed by atoms with Crippen molar-refractivity contribution < 1.29 is 19.5 Å². The molecule has 2 amide bonds. The third kappa shape index (κ3) is 4.13. The first kappa shape index (κ1) is 20.6. The van der Waals surface area contributed by atoms with Gasteiger partial charge in [-0.1, -0.05) is 10.4 Å². The number of aryl methyl sites for hydroxylation is 2. The minimum absolute atomic E-state index is 0. The van der Waals surface area contributed by atoms with Crippen LogP contribution in [-0.4, -0.2) is 54.6 Å². The fourth-order valence-corrected chi connectivity index (χ4v) is 3.64. The van der Waals surface area contributed by atoms with Crippen molar-refractivity contribution in [3.63, 3.8) is 0 Å². The minimum atomic E-state index is -1.04. The van der Waals surface area contributed by atoms with E-state index in [1.54, 1.807) is 18.5 Å². The van der Waals surface area contributed by atoms with Gasteiger partial charge in [0, 0.05) is 24.6 Å². The smallest absolute Gasteiger partial charge is 0.319 e. The average Bonchev–Trinajstić information content (AvgIpc) is 3.24. The molecule has 2 aromatic rings. The molecule has 0 unspecified atom stereocenters. The summed E-state index contributed by atoms with van der Waals surface area (Å²) in [6.45, 7) is 3.87. The highest BCUT2D eigenvalue weighted by atomic mass is 35.5. The zero-order valence-corrected chi connectivity index (χ0v) is 16.5. The topological polar surface area (TPSA) is 138 Å². The number of rotatable bonds is 5. The van der Waals surface area contributed by atoms with Gasteiger partial charge in [-0.05, 0) is 33.1 Å². The first-order chi connectivity index (χ1) is 12.9. The third-order valence-corrected chi connectivity index (χ3v) is 5.36. The predicted octanol–water partition coefficient (Wildman–Crippen LogP) is 1.11. The van der Waals surface area contributed by atoms with Crippen molar-refractivity contribution in [1.82, 2.24) is 25.5 Å². The molecule has 154 valence electrons. The number of urea groups is 1. The Balaban J connectivity index is 0.00000225. The monoisotopic (exact) mass is 412 g/mol. The molecule has 2 aliphatic rings. The Bertz CT molecular complexity index is 816. The Hall–Kier alpha value is -2.17. The van der Waals surface area contributed by atoms with Crippen LogP contribution < -0.4 is 10.6 Å². The number of nitrogens with zero attached hydrogens (tertiary/aromatic N) is 4. The quantitative estimate of drug-likeness (QED) is 0.577. The molecular formula is C17H25ClN6O4. The van der Waals surface area contributed by atoms with Crippen LogP contribution in [0.4, 0.5) is 10.5 Å². The van der Waals surface area contributed by atoms with E-state index in [1.165, 1.54) is 0 Å². The molecular weight excluding hydrogens is 388 g/mol. The van der Waals surface area contributed by atoms with Gasteiger partial charge in [0.15, 0.2) is 5.76 Å². The highest BCUT2D eigenvalue weighted by Crippen LogP contribution is 2.38. The van der Waals surface area contributed by atoms with E-state index in [4.69, 9.17) is 4.52 Å². The molecule has 0 saturated heterocycles. The molecule has 0 bridgehead atoms. The number of nitrogens with one attached hydrogen (secondary N) is 2. The fraction of sp³-hybridized carbons (Fsp3) is 0.647. The second-order valence-corrected chi connectivity index (χ2v) is 7.52. The Morgan fingerprint density at radius 2 is 2.07 bits per heavy atom. The van der Waals surface area contributed by atoms with Crippen LogP contribution in [0, 0.1) is 19.8 Å². The number of carbonyl (C=O) groups excluding carboxylic acids is 1. The molecule has 2 saturated carbocycles. The lowest BCUT2D eigenvalue weighted by Crippen LogP contribution is -2.44. The first-order valence-corrected chi connectivity index (χ1v) is 9.19. The lowest BCUT2D eigenvalue weighted by atomic mass is 10.1. The maximum atomic E-state index is 12.3. The summed E-state index contributed by atoms with van der Waals surface area (Å²) in [5.41, 5.74) is 2.06. The third-order valence-electron chi connectivity index (χ3n) is 5.36. The molecule has 4 rings (SSSR count). The van der Waals surface area contributed by atoms with E-state index in [0.29, 0.717) is 36.0 Å². The van der Waals surface area contributed by atoms with Crippen LogP contribution in [0.3, 0.4) is 0 Å². The number of halogens is 1. The van der Waals surface area contributed by atoms with Crippen molar-refractivity contribution in [3.05, 3.63) is 23.3 Å². The summed E-state index contributed by atoms with van der Waals surface area (Å²) in [6.07, 6.45) is 2.66.